The van der Waals surface area contributed by atoms with E-state index in [0.29, 0.717) is 11.7 Å². The molecule has 0 radical (unpaired) electrons. The number of hydrogen-bond acceptors (Lipinski definition) is 3. The van der Waals surface area contributed by atoms with Crippen LogP contribution in [0.25, 0.3) is 0 Å². The summed E-state index contributed by atoms with van der Waals surface area (Å²) in [6, 6.07) is 12.0. The number of benzene rings is 2. The van der Waals surface area contributed by atoms with E-state index in [1.807, 2.05) is 44.2 Å². The predicted molar refractivity (Wildman–Crippen MR) is 119 cm³/mol. The molecule has 4 nitrogen and oxygen atoms in total. The number of nitrogens with one attached hydrogen (secondary N) is 1. The zero-order valence-electron chi connectivity index (χ0n) is 19.1. The van der Waals surface area contributed by atoms with Gasteiger partial charge in [0.1, 0.15) is 11.5 Å². The van der Waals surface area contributed by atoms with Crippen molar-refractivity contribution in [2.24, 2.45) is 0 Å². The molecule has 29 heavy (non-hydrogen) atoms. The summed E-state index contributed by atoms with van der Waals surface area (Å²) in [7, 11) is 1.69. The van der Waals surface area contributed by atoms with Crippen LogP contribution in [0.1, 0.15) is 75.8 Å². The lowest BCUT2D eigenvalue weighted by Gasteiger charge is -2.21. The Hall–Kier alpha value is -2.49. The van der Waals surface area contributed by atoms with Crippen LogP contribution in [0.5, 0.6) is 11.5 Å². The second-order valence-electron chi connectivity index (χ2n) is 8.96. The van der Waals surface area contributed by atoms with Crippen molar-refractivity contribution in [3.8, 4) is 11.5 Å². The second kappa shape index (κ2) is 9.34. The Bertz CT molecular complexity index is 832. The summed E-state index contributed by atoms with van der Waals surface area (Å²) in [5, 5.41) is 3.04. The summed E-state index contributed by atoms with van der Waals surface area (Å²) >= 11 is 0. The largest absolute Gasteiger partial charge is 0.496 e. The summed E-state index contributed by atoms with van der Waals surface area (Å²) in [4.78, 5) is 12.4. The third kappa shape index (κ3) is 5.99. The number of aryl methyl sites for hydroxylation is 1. The van der Waals surface area contributed by atoms with Crippen molar-refractivity contribution in [1.82, 2.24) is 5.32 Å². The molecule has 0 bridgehead atoms. The molecule has 0 saturated carbocycles. The molecular formula is C25H35NO3. The van der Waals surface area contributed by atoms with Crippen molar-refractivity contribution in [3.63, 3.8) is 0 Å². The lowest BCUT2D eigenvalue weighted by atomic mass is 9.87. The molecule has 4 heteroatoms. The minimum atomic E-state index is -0.140. The van der Waals surface area contributed by atoms with Crippen LogP contribution in [0.15, 0.2) is 36.4 Å². The second-order valence-corrected chi connectivity index (χ2v) is 8.96. The molecule has 0 fully saturated rings. The van der Waals surface area contributed by atoms with Crippen LogP contribution in [0.2, 0.25) is 0 Å². The van der Waals surface area contributed by atoms with Gasteiger partial charge < -0.3 is 14.8 Å². The highest BCUT2D eigenvalue weighted by Gasteiger charge is 2.17. The first-order valence-corrected chi connectivity index (χ1v) is 10.2. The Morgan fingerprint density at radius 3 is 2.17 bits per heavy atom. The van der Waals surface area contributed by atoms with E-state index in [1.165, 1.54) is 5.56 Å². The molecule has 0 aromatic heterocycles. The fourth-order valence-corrected chi connectivity index (χ4v) is 3.37. The molecule has 1 atom stereocenters. The van der Waals surface area contributed by atoms with Crippen molar-refractivity contribution in [3.05, 3.63) is 58.7 Å². The standard InChI is InChI=1S/C25H35NO3/c1-16(2)21-14-22(17(3)13-23(21)28-8)18(4)26-24(27)15-29-20-11-9-19(10-12-20)25(5,6)7/h9-14,16,18H,15H2,1-8H3,(H,26,27)/t18-/m1/s1. The SMILES string of the molecule is COc1cc(C)c([C@@H](C)NC(=O)COc2ccc(C(C)(C)C)cc2)cc1C(C)C. The molecule has 0 unspecified atom stereocenters. The van der Waals surface area contributed by atoms with Crippen LogP contribution in [0.3, 0.4) is 0 Å². The number of rotatable bonds is 7. The Morgan fingerprint density at radius 1 is 1.03 bits per heavy atom. The first kappa shape index (κ1) is 22.8. The summed E-state index contributed by atoms with van der Waals surface area (Å²) in [6.45, 7) is 14.8. The van der Waals surface area contributed by atoms with Gasteiger partial charge in [0.25, 0.3) is 5.91 Å². The maximum Gasteiger partial charge on any atom is 0.258 e. The Labute approximate surface area is 175 Å². The van der Waals surface area contributed by atoms with Gasteiger partial charge in [-0.15, -0.1) is 0 Å². The van der Waals surface area contributed by atoms with Gasteiger partial charge in [0.05, 0.1) is 13.2 Å². The highest BCUT2D eigenvalue weighted by Crippen LogP contribution is 2.32. The van der Waals surface area contributed by atoms with Gasteiger partial charge in [-0.05, 0) is 71.7 Å². The molecule has 0 heterocycles. The molecule has 0 aliphatic carbocycles. The van der Waals surface area contributed by atoms with Crippen molar-refractivity contribution in [2.45, 2.75) is 65.8 Å². The Morgan fingerprint density at radius 2 is 1.66 bits per heavy atom. The maximum absolute atomic E-state index is 12.4. The first-order valence-electron chi connectivity index (χ1n) is 10.2. The molecule has 0 saturated heterocycles. The van der Waals surface area contributed by atoms with E-state index in [0.717, 1.165) is 22.4 Å². The Kier molecular flexibility index (Phi) is 7.34. The molecule has 158 valence electrons. The smallest absolute Gasteiger partial charge is 0.258 e. The minimum Gasteiger partial charge on any atom is -0.496 e. The normalized spacial score (nSPS) is 12.6. The lowest BCUT2D eigenvalue weighted by Crippen LogP contribution is -2.31. The molecule has 1 N–H and O–H groups in total. The van der Waals surface area contributed by atoms with E-state index >= 15 is 0 Å². The molecule has 1 amide bonds. The summed E-state index contributed by atoms with van der Waals surface area (Å²) in [5.41, 5.74) is 4.66. The van der Waals surface area contributed by atoms with Gasteiger partial charge in [0.15, 0.2) is 6.61 Å². The highest BCUT2D eigenvalue weighted by molar-refractivity contribution is 5.78. The van der Waals surface area contributed by atoms with Gasteiger partial charge in [-0.2, -0.15) is 0 Å². The van der Waals surface area contributed by atoms with Gasteiger partial charge >= 0.3 is 0 Å². The molecular weight excluding hydrogens is 362 g/mol. The minimum absolute atomic E-state index is 0.00849. The zero-order valence-corrected chi connectivity index (χ0v) is 19.1. The van der Waals surface area contributed by atoms with E-state index < -0.39 is 0 Å². The summed E-state index contributed by atoms with van der Waals surface area (Å²) in [5.74, 6) is 1.79. The summed E-state index contributed by atoms with van der Waals surface area (Å²) in [6.07, 6.45) is 0. The average molecular weight is 398 g/mol. The van der Waals surface area contributed by atoms with E-state index in [4.69, 9.17) is 9.47 Å². The number of ether oxygens (including phenoxy) is 2. The highest BCUT2D eigenvalue weighted by atomic mass is 16.5. The molecule has 0 aliphatic rings. The molecule has 2 aromatic rings. The van der Waals surface area contributed by atoms with E-state index in [1.54, 1.807) is 7.11 Å². The van der Waals surface area contributed by atoms with Gasteiger partial charge in [-0.1, -0.05) is 46.8 Å². The fraction of sp³-hybridized carbons (Fsp3) is 0.480. The van der Waals surface area contributed by atoms with E-state index in [2.05, 4.69) is 46.0 Å². The number of carbonyl (C=O) groups excluding carboxylic acids is 1. The van der Waals surface area contributed by atoms with Gasteiger partial charge in [-0.3, -0.25) is 4.79 Å². The van der Waals surface area contributed by atoms with Crippen LogP contribution in [0.4, 0.5) is 0 Å². The summed E-state index contributed by atoms with van der Waals surface area (Å²) < 4.78 is 11.2. The van der Waals surface area contributed by atoms with Crippen LogP contribution in [-0.2, 0) is 10.2 Å². The molecule has 2 aromatic carbocycles. The average Bonchev–Trinajstić information content (AvgIpc) is 2.65. The van der Waals surface area contributed by atoms with Gasteiger partial charge in [-0.25, -0.2) is 0 Å². The fourth-order valence-electron chi connectivity index (χ4n) is 3.37. The van der Waals surface area contributed by atoms with Crippen LogP contribution >= 0.6 is 0 Å². The van der Waals surface area contributed by atoms with Crippen molar-refractivity contribution >= 4 is 5.91 Å². The molecule has 2 rings (SSSR count). The zero-order chi connectivity index (χ0) is 21.8. The van der Waals surface area contributed by atoms with Gasteiger partial charge in [0.2, 0.25) is 0 Å². The van der Waals surface area contributed by atoms with E-state index in [9.17, 15) is 4.79 Å². The predicted octanol–water partition coefficient (Wildman–Crippen LogP) is 5.68. The topological polar surface area (TPSA) is 47.6 Å². The monoisotopic (exact) mass is 397 g/mol. The number of hydrogen-bond donors (Lipinski definition) is 1. The third-order valence-corrected chi connectivity index (χ3v) is 5.17. The number of methoxy groups -OCH3 is 1. The number of carbonyl (C=O) groups is 1. The number of amides is 1. The Balaban J connectivity index is 2.01. The van der Waals surface area contributed by atoms with Crippen molar-refractivity contribution < 1.29 is 14.3 Å². The van der Waals surface area contributed by atoms with Crippen molar-refractivity contribution in [2.75, 3.05) is 13.7 Å². The maximum atomic E-state index is 12.4. The van der Waals surface area contributed by atoms with Crippen LogP contribution < -0.4 is 14.8 Å². The van der Waals surface area contributed by atoms with Crippen LogP contribution in [-0.4, -0.2) is 19.6 Å². The van der Waals surface area contributed by atoms with Crippen molar-refractivity contribution in [1.29, 1.82) is 0 Å². The van der Waals surface area contributed by atoms with Crippen LogP contribution in [0, 0.1) is 6.92 Å². The van der Waals surface area contributed by atoms with E-state index in [-0.39, 0.29) is 24.0 Å². The lowest BCUT2D eigenvalue weighted by molar-refractivity contribution is -0.123. The first-order chi connectivity index (χ1) is 13.5. The molecule has 0 aliphatic heterocycles. The third-order valence-electron chi connectivity index (χ3n) is 5.17. The molecule has 0 spiro atoms. The van der Waals surface area contributed by atoms with Gasteiger partial charge in [0, 0.05) is 0 Å². The quantitative estimate of drug-likeness (QED) is 0.654.